The SMILES string of the molecule is CC=NOCc1nc(C(F)(F)F)ncc1/C(=N\OC)C(=O)NC. The largest absolute Gasteiger partial charge is 0.451 e. The van der Waals surface area contributed by atoms with Gasteiger partial charge in [0.1, 0.15) is 7.11 Å². The van der Waals surface area contributed by atoms with Crippen LogP contribution in [-0.2, 0) is 27.3 Å². The maximum absolute atomic E-state index is 12.7. The van der Waals surface area contributed by atoms with Crippen molar-refractivity contribution in [2.24, 2.45) is 10.3 Å². The molecule has 0 radical (unpaired) electrons. The third kappa shape index (κ3) is 4.90. The highest BCUT2D eigenvalue weighted by atomic mass is 19.4. The van der Waals surface area contributed by atoms with E-state index in [1.807, 2.05) is 0 Å². The van der Waals surface area contributed by atoms with Gasteiger partial charge in [0, 0.05) is 19.5 Å². The van der Waals surface area contributed by atoms with Crippen molar-refractivity contribution >= 4 is 17.8 Å². The average molecular weight is 333 g/mol. The number of hydrogen-bond acceptors (Lipinski definition) is 7. The molecule has 1 aromatic heterocycles. The van der Waals surface area contributed by atoms with Gasteiger partial charge in [0.2, 0.25) is 5.82 Å². The highest BCUT2D eigenvalue weighted by molar-refractivity contribution is 6.45. The molecule has 0 atom stereocenters. The third-order valence-electron chi connectivity index (χ3n) is 2.38. The van der Waals surface area contributed by atoms with Gasteiger partial charge in [-0.2, -0.15) is 13.2 Å². The van der Waals surface area contributed by atoms with Crippen LogP contribution in [0.5, 0.6) is 0 Å². The summed E-state index contributed by atoms with van der Waals surface area (Å²) in [7, 11) is 2.52. The number of rotatable bonds is 6. The molecule has 0 aliphatic rings. The monoisotopic (exact) mass is 333 g/mol. The third-order valence-corrected chi connectivity index (χ3v) is 2.38. The van der Waals surface area contributed by atoms with Gasteiger partial charge in [0.15, 0.2) is 12.3 Å². The van der Waals surface area contributed by atoms with Crippen molar-refractivity contribution in [2.45, 2.75) is 19.7 Å². The van der Waals surface area contributed by atoms with Gasteiger partial charge >= 0.3 is 6.18 Å². The Morgan fingerprint density at radius 2 is 2.17 bits per heavy atom. The molecule has 1 aromatic rings. The van der Waals surface area contributed by atoms with Crippen LogP contribution >= 0.6 is 0 Å². The topological polar surface area (TPSA) is 98.1 Å². The fourth-order valence-corrected chi connectivity index (χ4v) is 1.46. The highest BCUT2D eigenvalue weighted by Crippen LogP contribution is 2.26. The van der Waals surface area contributed by atoms with Crippen molar-refractivity contribution in [3.8, 4) is 0 Å². The van der Waals surface area contributed by atoms with E-state index >= 15 is 0 Å². The van der Waals surface area contributed by atoms with Crippen molar-refractivity contribution in [1.82, 2.24) is 15.3 Å². The van der Waals surface area contributed by atoms with Crippen molar-refractivity contribution < 1.29 is 27.6 Å². The summed E-state index contributed by atoms with van der Waals surface area (Å²) in [5.41, 5.74) is -0.564. The standard InChI is InChI=1S/C12H14F3N5O3/c1-4-18-23-6-8-7(9(20-22-3)10(21)16-2)5-17-11(19-8)12(13,14)15/h4-5H,6H2,1-3H3,(H,16,21)/b18-4?,20-9+. The lowest BCUT2D eigenvalue weighted by molar-refractivity contribution is -0.145. The number of aromatic nitrogens is 2. The van der Waals surface area contributed by atoms with Crippen LogP contribution in [0.4, 0.5) is 13.2 Å². The van der Waals surface area contributed by atoms with Crippen LogP contribution in [0.1, 0.15) is 24.0 Å². The molecule has 0 saturated heterocycles. The first-order chi connectivity index (χ1) is 10.8. The van der Waals surface area contributed by atoms with Gasteiger partial charge in [-0.05, 0) is 6.92 Å². The molecule has 0 aromatic carbocycles. The predicted octanol–water partition coefficient (Wildman–Crippen LogP) is 1.11. The molecule has 8 nitrogen and oxygen atoms in total. The first-order valence-corrected chi connectivity index (χ1v) is 6.21. The summed E-state index contributed by atoms with van der Waals surface area (Å²) in [6.45, 7) is 1.15. The van der Waals surface area contributed by atoms with E-state index in [-0.39, 0.29) is 17.0 Å². The number of halogens is 3. The summed E-state index contributed by atoms with van der Waals surface area (Å²) in [6.07, 6.45) is -2.61. The van der Waals surface area contributed by atoms with Gasteiger partial charge in [0.05, 0.1) is 11.3 Å². The molecular formula is C12H14F3N5O3. The zero-order valence-corrected chi connectivity index (χ0v) is 12.5. The molecule has 0 bridgehead atoms. The number of nitrogens with zero attached hydrogens (tertiary/aromatic N) is 4. The maximum atomic E-state index is 12.7. The number of oxime groups is 2. The molecule has 0 saturated carbocycles. The first-order valence-electron chi connectivity index (χ1n) is 6.21. The van der Waals surface area contributed by atoms with Gasteiger partial charge in [-0.1, -0.05) is 10.3 Å². The molecule has 0 aliphatic carbocycles. The molecule has 1 heterocycles. The van der Waals surface area contributed by atoms with Gasteiger partial charge in [-0.3, -0.25) is 4.79 Å². The van der Waals surface area contributed by atoms with Crippen LogP contribution in [0.25, 0.3) is 0 Å². The second kappa shape index (κ2) is 8.06. The number of alkyl halides is 3. The molecular weight excluding hydrogens is 319 g/mol. The fraction of sp³-hybridized carbons (Fsp3) is 0.417. The van der Waals surface area contributed by atoms with E-state index in [2.05, 4.69) is 30.4 Å². The normalized spacial score (nSPS) is 12.3. The predicted molar refractivity (Wildman–Crippen MR) is 73.6 cm³/mol. The summed E-state index contributed by atoms with van der Waals surface area (Å²) in [4.78, 5) is 27.7. The van der Waals surface area contributed by atoms with Crippen LogP contribution in [0.2, 0.25) is 0 Å². The van der Waals surface area contributed by atoms with Crippen LogP contribution in [0, 0.1) is 0 Å². The minimum atomic E-state index is -4.74. The van der Waals surface area contributed by atoms with E-state index < -0.39 is 24.5 Å². The Labute approximate surface area is 129 Å². The summed E-state index contributed by atoms with van der Waals surface area (Å²) in [5.74, 6) is -2.05. The van der Waals surface area contributed by atoms with Gasteiger partial charge < -0.3 is 15.0 Å². The number of carbonyl (C=O) groups excluding carboxylic acids is 1. The van der Waals surface area contributed by atoms with Crippen LogP contribution < -0.4 is 5.32 Å². The zero-order valence-electron chi connectivity index (χ0n) is 12.5. The Morgan fingerprint density at radius 3 is 2.70 bits per heavy atom. The summed E-state index contributed by atoms with van der Waals surface area (Å²) in [6, 6.07) is 0. The van der Waals surface area contributed by atoms with Crippen molar-refractivity contribution in [3.05, 3.63) is 23.3 Å². The smallest absolute Gasteiger partial charge is 0.398 e. The van der Waals surface area contributed by atoms with Crippen LogP contribution in [-0.4, -0.2) is 42.0 Å². The van der Waals surface area contributed by atoms with Crippen LogP contribution in [0.3, 0.4) is 0 Å². The fourth-order valence-electron chi connectivity index (χ4n) is 1.46. The number of amides is 1. The van der Waals surface area contributed by atoms with Crippen molar-refractivity contribution in [3.63, 3.8) is 0 Å². The van der Waals surface area contributed by atoms with E-state index in [1.165, 1.54) is 20.4 Å². The summed E-state index contributed by atoms with van der Waals surface area (Å²) < 4.78 is 38.2. The lowest BCUT2D eigenvalue weighted by atomic mass is 10.1. The lowest BCUT2D eigenvalue weighted by Gasteiger charge is -2.11. The second-order valence-electron chi connectivity index (χ2n) is 3.89. The zero-order chi connectivity index (χ0) is 17.5. The van der Waals surface area contributed by atoms with Gasteiger partial charge in [-0.25, -0.2) is 9.97 Å². The number of nitrogens with one attached hydrogen (secondary N) is 1. The number of hydrogen-bond donors (Lipinski definition) is 1. The minimum Gasteiger partial charge on any atom is -0.398 e. The lowest BCUT2D eigenvalue weighted by Crippen LogP contribution is -2.30. The van der Waals surface area contributed by atoms with Crippen molar-refractivity contribution in [1.29, 1.82) is 0 Å². The molecule has 23 heavy (non-hydrogen) atoms. The van der Waals surface area contributed by atoms with E-state index in [0.29, 0.717) is 0 Å². The molecule has 11 heteroatoms. The Hall–Kier alpha value is -2.72. The van der Waals surface area contributed by atoms with E-state index in [1.54, 1.807) is 6.92 Å². The molecule has 126 valence electrons. The van der Waals surface area contributed by atoms with E-state index in [9.17, 15) is 18.0 Å². The van der Waals surface area contributed by atoms with E-state index in [0.717, 1.165) is 6.20 Å². The molecule has 0 aliphatic heterocycles. The maximum Gasteiger partial charge on any atom is 0.451 e. The molecule has 0 fully saturated rings. The molecule has 0 spiro atoms. The minimum absolute atomic E-state index is 0.0643. The Morgan fingerprint density at radius 1 is 1.48 bits per heavy atom. The quantitative estimate of drug-likeness (QED) is 0.621. The molecule has 1 N–H and O–H groups in total. The van der Waals surface area contributed by atoms with Crippen LogP contribution in [0.15, 0.2) is 16.5 Å². The molecule has 1 amide bonds. The van der Waals surface area contributed by atoms with Gasteiger partial charge in [-0.15, -0.1) is 0 Å². The first kappa shape index (κ1) is 18.3. The summed E-state index contributed by atoms with van der Waals surface area (Å²) in [5, 5.41) is 9.22. The molecule has 1 rings (SSSR count). The Kier molecular flexibility index (Phi) is 6.42. The Balaban J connectivity index is 3.38. The number of likely N-dealkylation sites (N-methyl/N-ethyl adjacent to an activating group) is 1. The van der Waals surface area contributed by atoms with Gasteiger partial charge in [0.25, 0.3) is 5.91 Å². The highest BCUT2D eigenvalue weighted by Gasteiger charge is 2.36. The second-order valence-corrected chi connectivity index (χ2v) is 3.89. The average Bonchev–Trinajstić information content (AvgIpc) is 2.51. The molecule has 0 unspecified atom stereocenters. The van der Waals surface area contributed by atoms with Crippen molar-refractivity contribution in [2.75, 3.05) is 14.2 Å². The number of carbonyl (C=O) groups is 1. The van der Waals surface area contributed by atoms with E-state index in [4.69, 9.17) is 4.84 Å². The summed E-state index contributed by atoms with van der Waals surface area (Å²) >= 11 is 0. The Bertz CT molecular complexity index is 616.